The molecule has 0 amide bonds. The molecule has 4 heteroatoms. The van der Waals surface area contributed by atoms with Gasteiger partial charge in [0.1, 0.15) is 5.75 Å². The van der Waals surface area contributed by atoms with Crippen LogP contribution in [0.1, 0.15) is 17.7 Å². The van der Waals surface area contributed by atoms with E-state index >= 15 is 0 Å². The summed E-state index contributed by atoms with van der Waals surface area (Å²) in [4.78, 5) is 6.66. The molecule has 0 atom stereocenters. The van der Waals surface area contributed by atoms with Gasteiger partial charge in [-0.1, -0.05) is 0 Å². The van der Waals surface area contributed by atoms with Crippen LogP contribution in [0.5, 0.6) is 5.75 Å². The fourth-order valence-electron chi connectivity index (χ4n) is 2.25. The van der Waals surface area contributed by atoms with E-state index in [1.165, 1.54) is 19.9 Å². The largest absolute Gasteiger partial charge is 0.494 e. The normalized spacial score (nSPS) is 11.0. The van der Waals surface area contributed by atoms with Crippen molar-refractivity contribution in [2.24, 2.45) is 0 Å². The fourth-order valence-corrected chi connectivity index (χ4v) is 4.10. The number of thiophene rings is 1. The second-order valence-electron chi connectivity index (χ2n) is 5.14. The number of aryl methyl sites for hydroxylation is 1. The molecule has 2 aromatic heterocycles. The van der Waals surface area contributed by atoms with Crippen LogP contribution in [-0.4, -0.2) is 17.3 Å². The molecule has 0 spiro atoms. The highest BCUT2D eigenvalue weighted by atomic mass is 32.2. The van der Waals surface area contributed by atoms with E-state index in [0.29, 0.717) is 0 Å². The molecule has 0 radical (unpaired) electrons. The van der Waals surface area contributed by atoms with E-state index in [0.717, 1.165) is 31.0 Å². The zero-order valence-electron chi connectivity index (χ0n) is 12.6. The second kappa shape index (κ2) is 7.65. The molecule has 2 heterocycles. The molecule has 0 aliphatic heterocycles. The Bertz CT molecular complexity index is 724. The fraction of sp³-hybridized carbons (Fsp3) is 0.278. The number of hydrogen-bond acceptors (Lipinski definition) is 4. The number of hydrogen-bond donors (Lipinski definition) is 0. The van der Waals surface area contributed by atoms with Crippen molar-refractivity contribution in [1.29, 1.82) is 0 Å². The molecule has 0 bridgehead atoms. The average Bonchev–Trinajstić information content (AvgIpc) is 2.91. The van der Waals surface area contributed by atoms with Crippen molar-refractivity contribution in [1.82, 2.24) is 4.98 Å². The monoisotopic (exact) mass is 329 g/mol. The Hall–Kier alpha value is -1.52. The Morgan fingerprint density at radius 3 is 2.82 bits per heavy atom. The molecule has 0 saturated carbocycles. The number of benzene rings is 1. The summed E-state index contributed by atoms with van der Waals surface area (Å²) in [6.45, 7) is 2.93. The summed E-state index contributed by atoms with van der Waals surface area (Å²) in [5.74, 6) is 2.10. The maximum absolute atomic E-state index is 5.86. The van der Waals surface area contributed by atoms with Crippen molar-refractivity contribution < 1.29 is 4.74 Å². The van der Waals surface area contributed by atoms with Crippen LogP contribution in [-0.2, 0) is 0 Å². The van der Waals surface area contributed by atoms with Gasteiger partial charge >= 0.3 is 0 Å². The van der Waals surface area contributed by atoms with E-state index in [1.54, 1.807) is 0 Å². The number of thioether (sulfide) groups is 1. The van der Waals surface area contributed by atoms with E-state index in [1.807, 2.05) is 35.5 Å². The topological polar surface area (TPSA) is 22.1 Å². The van der Waals surface area contributed by atoms with Crippen LogP contribution in [0.4, 0.5) is 0 Å². The van der Waals surface area contributed by atoms with Crippen molar-refractivity contribution in [3.63, 3.8) is 0 Å². The Labute approximate surface area is 139 Å². The summed E-state index contributed by atoms with van der Waals surface area (Å²) in [7, 11) is 0. The Kier molecular flexibility index (Phi) is 5.35. The smallest absolute Gasteiger partial charge is 0.120 e. The molecular formula is C18H19NOS2. The highest BCUT2D eigenvalue weighted by Crippen LogP contribution is 2.28. The van der Waals surface area contributed by atoms with Crippen molar-refractivity contribution in [2.45, 2.75) is 24.7 Å². The van der Waals surface area contributed by atoms with Crippen LogP contribution in [0.2, 0.25) is 0 Å². The van der Waals surface area contributed by atoms with Gasteiger partial charge in [-0.25, -0.2) is 0 Å². The summed E-state index contributed by atoms with van der Waals surface area (Å²) >= 11 is 3.70. The van der Waals surface area contributed by atoms with Crippen molar-refractivity contribution >= 4 is 33.2 Å². The molecule has 3 rings (SSSR count). The lowest BCUT2D eigenvalue weighted by Gasteiger charge is -2.06. The van der Waals surface area contributed by atoms with Gasteiger partial charge in [0, 0.05) is 26.9 Å². The van der Waals surface area contributed by atoms with Gasteiger partial charge in [0.05, 0.1) is 6.61 Å². The van der Waals surface area contributed by atoms with E-state index in [9.17, 15) is 0 Å². The molecule has 0 fully saturated rings. The zero-order chi connectivity index (χ0) is 15.2. The SMILES string of the molecule is Cc1cc2ccc(OCCCCSc3ccncc3)cc2s1. The Morgan fingerprint density at radius 2 is 1.95 bits per heavy atom. The standard InChI is InChI=1S/C18H19NOS2/c1-14-12-15-4-5-16(13-18(15)22-14)20-10-2-3-11-21-17-6-8-19-9-7-17/h4-9,12-13H,2-3,10-11H2,1H3. The third-order valence-electron chi connectivity index (χ3n) is 3.34. The van der Waals surface area contributed by atoms with Crippen LogP contribution in [0.25, 0.3) is 10.1 Å². The highest BCUT2D eigenvalue weighted by molar-refractivity contribution is 7.99. The molecule has 22 heavy (non-hydrogen) atoms. The van der Waals surface area contributed by atoms with Crippen molar-refractivity contribution in [3.8, 4) is 5.75 Å². The van der Waals surface area contributed by atoms with Gasteiger partial charge < -0.3 is 4.74 Å². The first-order chi connectivity index (χ1) is 10.8. The minimum atomic E-state index is 0.784. The predicted octanol–water partition coefficient (Wildman–Crippen LogP) is 5.56. The number of ether oxygens (including phenoxy) is 1. The van der Waals surface area contributed by atoms with Gasteiger partial charge in [0.25, 0.3) is 0 Å². The van der Waals surface area contributed by atoms with E-state index in [4.69, 9.17) is 4.74 Å². The van der Waals surface area contributed by atoms with Gasteiger partial charge in [0.15, 0.2) is 0 Å². The summed E-state index contributed by atoms with van der Waals surface area (Å²) in [6.07, 6.45) is 5.93. The molecule has 3 aromatic rings. The van der Waals surface area contributed by atoms with Gasteiger partial charge in [0.2, 0.25) is 0 Å². The summed E-state index contributed by atoms with van der Waals surface area (Å²) in [6, 6.07) is 12.7. The number of pyridine rings is 1. The molecule has 114 valence electrons. The molecule has 2 nitrogen and oxygen atoms in total. The van der Waals surface area contributed by atoms with Gasteiger partial charge in [-0.2, -0.15) is 0 Å². The first-order valence-corrected chi connectivity index (χ1v) is 9.27. The van der Waals surface area contributed by atoms with E-state index in [-0.39, 0.29) is 0 Å². The lowest BCUT2D eigenvalue weighted by atomic mass is 10.2. The molecule has 1 aromatic carbocycles. The second-order valence-corrected chi connectivity index (χ2v) is 7.60. The summed E-state index contributed by atoms with van der Waals surface area (Å²) < 4.78 is 7.17. The van der Waals surface area contributed by atoms with Gasteiger partial charge in [-0.05, 0) is 67.3 Å². The van der Waals surface area contributed by atoms with Crippen molar-refractivity contribution in [2.75, 3.05) is 12.4 Å². The number of nitrogens with zero attached hydrogens (tertiary/aromatic N) is 1. The van der Waals surface area contributed by atoms with E-state index < -0.39 is 0 Å². The summed E-state index contributed by atoms with van der Waals surface area (Å²) in [5, 5.41) is 1.31. The van der Waals surface area contributed by atoms with Crippen LogP contribution >= 0.6 is 23.1 Å². The number of fused-ring (bicyclic) bond motifs is 1. The summed E-state index contributed by atoms with van der Waals surface area (Å²) in [5.41, 5.74) is 0. The first-order valence-electron chi connectivity index (χ1n) is 7.47. The quantitative estimate of drug-likeness (QED) is 0.419. The van der Waals surface area contributed by atoms with E-state index in [2.05, 4.69) is 48.3 Å². The third kappa shape index (κ3) is 4.24. The zero-order valence-corrected chi connectivity index (χ0v) is 14.3. The molecule has 0 N–H and O–H groups in total. The number of rotatable bonds is 7. The molecule has 0 aliphatic rings. The lowest BCUT2D eigenvalue weighted by molar-refractivity contribution is 0.310. The lowest BCUT2D eigenvalue weighted by Crippen LogP contribution is -1.97. The molecular weight excluding hydrogens is 310 g/mol. The number of aromatic nitrogens is 1. The van der Waals surface area contributed by atoms with Crippen molar-refractivity contribution in [3.05, 3.63) is 53.7 Å². The first kappa shape index (κ1) is 15.4. The Balaban J connectivity index is 1.39. The average molecular weight is 329 g/mol. The predicted molar refractivity (Wildman–Crippen MR) is 96.3 cm³/mol. The molecule has 0 saturated heterocycles. The van der Waals surface area contributed by atoms with Gasteiger partial charge in [-0.15, -0.1) is 23.1 Å². The van der Waals surface area contributed by atoms with Crippen LogP contribution < -0.4 is 4.74 Å². The minimum Gasteiger partial charge on any atom is -0.494 e. The van der Waals surface area contributed by atoms with Crippen LogP contribution in [0, 0.1) is 6.92 Å². The highest BCUT2D eigenvalue weighted by Gasteiger charge is 2.01. The minimum absolute atomic E-state index is 0.784. The van der Waals surface area contributed by atoms with Gasteiger partial charge in [-0.3, -0.25) is 4.98 Å². The Morgan fingerprint density at radius 1 is 1.09 bits per heavy atom. The van der Waals surface area contributed by atoms with Crippen LogP contribution in [0.3, 0.4) is 0 Å². The number of unbranched alkanes of at least 4 members (excludes halogenated alkanes) is 1. The maximum atomic E-state index is 5.86. The third-order valence-corrected chi connectivity index (χ3v) is 5.45. The molecule has 0 unspecified atom stereocenters. The maximum Gasteiger partial charge on any atom is 0.120 e. The van der Waals surface area contributed by atoms with Crippen LogP contribution in [0.15, 0.2) is 53.7 Å². The molecule has 0 aliphatic carbocycles.